The normalized spacial score (nSPS) is 11.6. The Kier molecular flexibility index (Phi) is 8.87. The highest BCUT2D eigenvalue weighted by molar-refractivity contribution is 5.79. The van der Waals surface area contributed by atoms with Crippen molar-refractivity contribution >= 4 is 5.96 Å². The predicted molar refractivity (Wildman–Crippen MR) is 67.3 cm³/mol. The number of rotatable bonds is 7. The highest BCUT2D eigenvalue weighted by atomic mass is 15.2. The van der Waals surface area contributed by atoms with Gasteiger partial charge in [0.2, 0.25) is 0 Å². The average Bonchev–Trinajstić information content (AvgIpc) is 2.28. The third-order valence-corrected chi connectivity index (χ3v) is 2.25. The van der Waals surface area contributed by atoms with Crippen LogP contribution in [0.4, 0.5) is 0 Å². The lowest BCUT2D eigenvalue weighted by atomic mass is 10.4. The SMILES string of the molecule is C=CCNC(=NC)NCCN(CC)CC. The summed E-state index contributed by atoms with van der Waals surface area (Å²) in [6, 6.07) is 0. The molecule has 88 valence electrons. The monoisotopic (exact) mass is 212 g/mol. The fourth-order valence-corrected chi connectivity index (χ4v) is 1.26. The van der Waals surface area contributed by atoms with E-state index in [-0.39, 0.29) is 0 Å². The van der Waals surface area contributed by atoms with Crippen LogP contribution in [0.5, 0.6) is 0 Å². The van der Waals surface area contributed by atoms with Gasteiger partial charge in [-0.15, -0.1) is 6.58 Å². The minimum atomic E-state index is 0.741. The first-order valence-corrected chi connectivity index (χ1v) is 5.56. The standard InChI is InChI=1S/C11H24N4/c1-5-8-13-11(12-4)14-9-10-15(6-2)7-3/h5H,1,6-10H2,2-4H3,(H2,12,13,14). The van der Waals surface area contributed by atoms with Crippen LogP contribution in [0.3, 0.4) is 0 Å². The van der Waals surface area contributed by atoms with Crippen molar-refractivity contribution in [2.45, 2.75) is 13.8 Å². The maximum Gasteiger partial charge on any atom is 0.191 e. The van der Waals surface area contributed by atoms with Crippen LogP contribution in [0.15, 0.2) is 17.6 Å². The smallest absolute Gasteiger partial charge is 0.191 e. The van der Waals surface area contributed by atoms with E-state index in [9.17, 15) is 0 Å². The Morgan fingerprint density at radius 2 is 2.00 bits per heavy atom. The zero-order valence-electron chi connectivity index (χ0n) is 10.2. The van der Waals surface area contributed by atoms with Crippen molar-refractivity contribution in [1.29, 1.82) is 0 Å². The highest BCUT2D eigenvalue weighted by Crippen LogP contribution is 1.83. The molecular weight excluding hydrogens is 188 g/mol. The topological polar surface area (TPSA) is 39.7 Å². The molecule has 0 saturated heterocycles. The van der Waals surface area contributed by atoms with E-state index >= 15 is 0 Å². The summed E-state index contributed by atoms with van der Waals surface area (Å²) in [5.41, 5.74) is 0. The van der Waals surface area contributed by atoms with E-state index in [1.807, 2.05) is 6.08 Å². The van der Waals surface area contributed by atoms with Crippen LogP contribution in [0.1, 0.15) is 13.8 Å². The van der Waals surface area contributed by atoms with Crippen LogP contribution < -0.4 is 10.6 Å². The van der Waals surface area contributed by atoms with E-state index in [4.69, 9.17) is 0 Å². The lowest BCUT2D eigenvalue weighted by Crippen LogP contribution is -2.41. The van der Waals surface area contributed by atoms with Gasteiger partial charge in [0, 0.05) is 26.7 Å². The first kappa shape index (κ1) is 14.0. The summed E-state index contributed by atoms with van der Waals surface area (Å²) in [5, 5.41) is 6.38. The molecule has 0 heterocycles. The molecule has 0 saturated carbocycles. The fraction of sp³-hybridized carbons (Fsp3) is 0.727. The molecule has 15 heavy (non-hydrogen) atoms. The van der Waals surface area contributed by atoms with Gasteiger partial charge in [-0.3, -0.25) is 4.99 Å². The van der Waals surface area contributed by atoms with Crippen molar-refractivity contribution in [1.82, 2.24) is 15.5 Å². The number of nitrogens with one attached hydrogen (secondary N) is 2. The molecule has 0 rings (SSSR count). The minimum Gasteiger partial charge on any atom is -0.355 e. The van der Waals surface area contributed by atoms with Crippen LogP contribution >= 0.6 is 0 Å². The minimum absolute atomic E-state index is 0.741. The lowest BCUT2D eigenvalue weighted by molar-refractivity contribution is 0.308. The molecule has 0 aromatic carbocycles. The van der Waals surface area contributed by atoms with Crippen LogP contribution in [-0.4, -0.2) is 50.6 Å². The van der Waals surface area contributed by atoms with E-state index < -0.39 is 0 Å². The van der Waals surface area contributed by atoms with Gasteiger partial charge in [0.05, 0.1) is 0 Å². The molecule has 4 heteroatoms. The van der Waals surface area contributed by atoms with Crippen LogP contribution in [0, 0.1) is 0 Å². The third-order valence-electron chi connectivity index (χ3n) is 2.25. The van der Waals surface area contributed by atoms with Crippen molar-refractivity contribution in [2.24, 2.45) is 4.99 Å². The summed E-state index contributed by atoms with van der Waals surface area (Å²) in [6.07, 6.45) is 1.82. The zero-order chi connectivity index (χ0) is 11.5. The molecule has 0 aliphatic carbocycles. The van der Waals surface area contributed by atoms with Gasteiger partial charge in [-0.25, -0.2) is 0 Å². The summed E-state index contributed by atoms with van der Waals surface area (Å²) in [4.78, 5) is 6.47. The Morgan fingerprint density at radius 3 is 2.47 bits per heavy atom. The average molecular weight is 212 g/mol. The Hall–Kier alpha value is -1.03. The van der Waals surface area contributed by atoms with Gasteiger partial charge in [-0.2, -0.15) is 0 Å². The van der Waals surface area contributed by atoms with Gasteiger partial charge in [0.15, 0.2) is 5.96 Å². The lowest BCUT2D eigenvalue weighted by Gasteiger charge is -2.19. The number of aliphatic imine (C=N–C) groups is 1. The van der Waals surface area contributed by atoms with E-state index in [0.717, 1.165) is 38.7 Å². The van der Waals surface area contributed by atoms with Crippen LogP contribution in [0.25, 0.3) is 0 Å². The Bertz CT molecular complexity index is 185. The summed E-state index contributed by atoms with van der Waals surface area (Å²) < 4.78 is 0. The molecule has 0 aromatic heterocycles. The van der Waals surface area contributed by atoms with Crippen molar-refractivity contribution < 1.29 is 0 Å². The number of nitrogens with zero attached hydrogens (tertiary/aromatic N) is 2. The molecule has 2 N–H and O–H groups in total. The molecule has 0 aromatic rings. The molecule has 0 aliphatic rings. The fourth-order valence-electron chi connectivity index (χ4n) is 1.26. The van der Waals surface area contributed by atoms with Gasteiger partial charge >= 0.3 is 0 Å². The Morgan fingerprint density at radius 1 is 1.33 bits per heavy atom. The molecule has 0 radical (unpaired) electrons. The predicted octanol–water partition coefficient (Wildman–Crippen LogP) is 0.679. The second-order valence-corrected chi connectivity index (χ2v) is 3.20. The quantitative estimate of drug-likeness (QED) is 0.370. The number of guanidine groups is 1. The molecular formula is C11H24N4. The summed E-state index contributed by atoms with van der Waals surface area (Å²) >= 11 is 0. The third kappa shape index (κ3) is 6.96. The summed E-state index contributed by atoms with van der Waals surface area (Å²) in [7, 11) is 1.77. The molecule has 4 nitrogen and oxygen atoms in total. The summed E-state index contributed by atoms with van der Waals surface area (Å²) in [5.74, 6) is 0.835. The second kappa shape index (κ2) is 9.52. The first-order chi connectivity index (χ1) is 7.28. The molecule has 0 aliphatic heterocycles. The highest BCUT2D eigenvalue weighted by Gasteiger charge is 1.99. The van der Waals surface area contributed by atoms with E-state index in [1.165, 1.54) is 0 Å². The van der Waals surface area contributed by atoms with Gasteiger partial charge in [0.1, 0.15) is 0 Å². The zero-order valence-corrected chi connectivity index (χ0v) is 10.2. The summed E-state index contributed by atoms with van der Waals surface area (Å²) in [6.45, 7) is 12.9. The largest absolute Gasteiger partial charge is 0.355 e. The molecule has 0 atom stereocenters. The number of hydrogen-bond acceptors (Lipinski definition) is 2. The van der Waals surface area contributed by atoms with Crippen molar-refractivity contribution in [2.75, 3.05) is 39.8 Å². The van der Waals surface area contributed by atoms with Crippen LogP contribution in [-0.2, 0) is 0 Å². The number of likely N-dealkylation sites (N-methyl/N-ethyl adjacent to an activating group) is 1. The molecule has 0 spiro atoms. The van der Waals surface area contributed by atoms with Gasteiger partial charge in [-0.05, 0) is 13.1 Å². The van der Waals surface area contributed by atoms with Crippen molar-refractivity contribution in [3.05, 3.63) is 12.7 Å². The molecule has 0 fully saturated rings. The maximum atomic E-state index is 4.10. The van der Waals surface area contributed by atoms with Gasteiger partial charge in [0.25, 0.3) is 0 Å². The molecule has 0 amide bonds. The number of hydrogen-bond donors (Lipinski definition) is 2. The molecule has 0 unspecified atom stereocenters. The van der Waals surface area contributed by atoms with Crippen LogP contribution in [0.2, 0.25) is 0 Å². The maximum absolute atomic E-state index is 4.10. The van der Waals surface area contributed by atoms with Gasteiger partial charge < -0.3 is 15.5 Å². The van der Waals surface area contributed by atoms with Gasteiger partial charge in [-0.1, -0.05) is 19.9 Å². The van der Waals surface area contributed by atoms with Crippen molar-refractivity contribution in [3.63, 3.8) is 0 Å². The van der Waals surface area contributed by atoms with E-state index in [2.05, 4.69) is 41.0 Å². The van der Waals surface area contributed by atoms with E-state index in [1.54, 1.807) is 7.05 Å². The second-order valence-electron chi connectivity index (χ2n) is 3.20. The Labute approximate surface area is 93.5 Å². The first-order valence-electron chi connectivity index (χ1n) is 5.56. The van der Waals surface area contributed by atoms with Crippen molar-refractivity contribution in [3.8, 4) is 0 Å². The molecule has 0 bridgehead atoms. The Balaban J connectivity index is 3.67. The van der Waals surface area contributed by atoms with E-state index in [0.29, 0.717) is 0 Å².